The minimum Gasteiger partial charge on any atom is -0.494 e. The van der Waals surface area contributed by atoms with Crippen molar-refractivity contribution >= 4 is 33.5 Å². The molecule has 0 saturated carbocycles. The Balaban J connectivity index is 1.28. The van der Waals surface area contributed by atoms with Gasteiger partial charge in [0.1, 0.15) is 11.5 Å². The van der Waals surface area contributed by atoms with Gasteiger partial charge >= 0.3 is 11.9 Å². The highest BCUT2D eigenvalue weighted by atomic mass is 33.1. The third-order valence-corrected chi connectivity index (χ3v) is 7.14. The number of ether oxygens (including phenoxy) is 4. The Labute approximate surface area is 220 Å². The van der Waals surface area contributed by atoms with Gasteiger partial charge in [0.25, 0.3) is 0 Å². The minimum atomic E-state index is -0.941. The monoisotopic (exact) mass is 538 g/mol. The number of hydrogen-bond donors (Lipinski definition) is 2. The van der Waals surface area contributed by atoms with Gasteiger partial charge in [-0.1, -0.05) is 21.6 Å². The van der Waals surface area contributed by atoms with Crippen LogP contribution in [0.25, 0.3) is 0 Å². The van der Waals surface area contributed by atoms with Gasteiger partial charge in [0.2, 0.25) is 0 Å². The van der Waals surface area contributed by atoms with Gasteiger partial charge in [0.15, 0.2) is 0 Å². The summed E-state index contributed by atoms with van der Waals surface area (Å²) in [4.78, 5) is 21.6. The first kappa shape index (κ1) is 29.8. The van der Waals surface area contributed by atoms with E-state index in [9.17, 15) is 9.59 Å². The highest BCUT2D eigenvalue weighted by Crippen LogP contribution is 2.20. The number of unbranched alkanes of at least 4 members (excludes halogenated alkanes) is 2. The zero-order chi connectivity index (χ0) is 25.8. The fraction of sp³-hybridized carbons (Fsp3) is 0.462. The summed E-state index contributed by atoms with van der Waals surface area (Å²) in [6.45, 7) is 4.00. The van der Waals surface area contributed by atoms with E-state index in [0.717, 1.165) is 50.4 Å². The Morgan fingerprint density at radius 3 is 1.28 bits per heavy atom. The molecule has 0 aromatic heterocycles. The molecule has 2 aromatic rings. The summed E-state index contributed by atoms with van der Waals surface area (Å²) < 4.78 is 22.5. The molecular weight excluding hydrogens is 504 g/mol. The lowest BCUT2D eigenvalue weighted by Crippen LogP contribution is -2.04. The molecule has 0 atom stereocenters. The molecule has 0 amide bonds. The molecule has 8 nitrogen and oxygen atoms in total. The maximum Gasteiger partial charge on any atom is 0.335 e. The predicted molar refractivity (Wildman–Crippen MR) is 143 cm³/mol. The lowest BCUT2D eigenvalue weighted by molar-refractivity contribution is 0.0686. The SMILES string of the molecule is O=C(O)c1ccc(OCCCCOCCSSCCOCCCCOc2ccc(C(=O)O)cc2)cc1. The van der Waals surface area contributed by atoms with Crippen molar-refractivity contribution in [2.45, 2.75) is 25.7 Å². The smallest absolute Gasteiger partial charge is 0.335 e. The molecule has 2 rings (SSSR count). The summed E-state index contributed by atoms with van der Waals surface area (Å²) in [6.07, 6.45) is 3.60. The van der Waals surface area contributed by atoms with Crippen molar-refractivity contribution in [2.75, 3.05) is 51.1 Å². The number of carbonyl (C=O) groups is 2. The lowest BCUT2D eigenvalue weighted by atomic mass is 10.2. The average molecular weight is 539 g/mol. The van der Waals surface area contributed by atoms with E-state index in [1.807, 2.05) is 0 Å². The van der Waals surface area contributed by atoms with Crippen LogP contribution < -0.4 is 9.47 Å². The molecule has 0 heterocycles. The second-order valence-electron chi connectivity index (χ2n) is 7.64. The van der Waals surface area contributed by atoms with Gasteiger partial charge in [0, 0.05) is 24.7 Å². The number of aromatic carboxylic acids is 2. The summed E-state index contributed by atoms with van der Waals surface area (Å²) in [7, 11) is 3.57. The summed E-state index contributed by atoms with van der Waals surface area (Å²) in [5.74, 6) is 1.33. The van der Waals surface area contributed by atoms with E-state index in [1.165, 1.54) is 24.3 Å². The van der Waals surface area contributed by atoms with Crippen LogP contribution in [0.1, 0.15) is 46.4 Å². The molecule has 2 aromatic carbocycles. The standard InChI is InChI=1S/C26H34O8S2/c27-25(28)21-5-9-23(10-6-21)33-15-3-1-13-31-17-19-35-36-20-18-32-14-2-4-16-34-24-11-7-22(8-12-24)26(29)30/h5-12H,1-4,13-20H2,(H,27,28)(H,29,30). The molecule has 0 aliphatic rings. The third kappa shape index (κ3) is 13.6. The van der Waals surface area contributed by atoms with Gasteiger partial charge in [-0.2, -0.15) is 0 Å². The molecule has 0 radical (unpaired) electrons. The van der Waals surface area contributed by atoms with Gasteiger partial charge in [-0.05, 0) is 74.2 Å². The number of rotatable bonds is 21. The number of hydrogen-bond acceptors (Lipinski definition) is 8. The van der Waals surface area contributed by atoms with E-state index in [2.05, 4.69) is 0 Å². The normalized spacial score (nSPS) is 10.8. The van der Waals surface area contributed by atoms with Crippen molar-refractivity contribution in [3.8, 4) is 11.5 Å². The molecule has 10 heteroatoms. The van der Waals surface area contributed by atoms with Gasteiger partial charge in [-0.3, -0.25) is 0 Å². The summed E-state index contributed by atoms with van der Waals surface area (Å²) in [5.41, 5.74) is 0.504. The Hall–Kier alpha value is -2.40. The fourth-order valence-corrected chi connectivity index (χ4v) is 4.61. The second-order valence-corrected chi connectivity index (χ2v) is 10.3. The van der Waals surface area contributed by atoms with E-state index in [-0.39, 0.29) is 11.1 Å². The Morgan fingerprint density at radius 1 is 0.556 bits per heavy atom. The maximum atomic E-state index is 10.8. The van der Waals surface area contributed by atoms with Crippen molar-refractivity contribution in [2.24, 2.45) is 0 Å². The largest absolute Gasteiger partial charge is 0.494 e. The zero-order valence-corrected chi connectivity index (χ0v) is 21.9. The highest BCUT2D eigenvalue weighted by molar-refractivity contribution is 8.76. The summed E-state index contributed by atoms with van der Waals surface area (Å²) >= 11 is 0. The maximum absolute atomic E-state index is 10.8. The van der Waals surface area contributed by atoms with Gasteiger partial charge in [-0.25, -0.2) is 9.59 Å². The van der Waals surface area contributed by atoms with Gasteiger partial charge < -0.3 is 29.2 Å². The van der Waals surface area contributed by atoms with Crippen LogP contribution in [0.3, 0.4) is 0 Å². The third-order valence-electron chi connectivity index (χ3n) is 4.81. The topological polar surface area (TPSA) is 112 Å². The van der Waals surface area contributed by atoms with Crippen LogP contribution in [0.15, 0.2) is 48.5 Å². The highest BCUT2D eigenvalue weighted by Gasteiger charge is 2.03. The van der Waals surface area contributed by atoms with Crippen LogP contribution in [-0.4, -0.2) is 73.3 Å². The quantitative estimate of drug-likeness (QED) is 0.156. The van der Waals surface area contributed by atoms with Crippen molar-refractivity contribution < 1.29 is 38.7 Å². The first-order valence-electron chi connectivity index (χ1n) is 11.9. The molecule has 198 valence electrons. The predicted octanol–water partition coefficient (Wildman–Crippen LogP) is 5.52. The molecule has 0 saturated heterocycles. The molecule has 0 aliphatic carbocycles. The minimum absolute atomic E-state index is 0.252. The number of carboxylic acid groups (broad SMARTS) is 2. The van der Waals surface area contributed by atoms with E-state index < -0.39 is 11.9 Å². The first-order valence-corrected chi connectivity index (χ1v) is 14.4. The molecule has 2 N–H and O–H groups in total. The van der Waals surface area contributed by atoms with Crippen molar-refractivity contribution in [1.29, 1.82) is 0 Å². The molecular formula is C26H34O8S2. The number of benzene rings is 2. The Kier molecular flexibility index (Phi) is 15.6. The Morgan fingerprint density at radius 2 is 0.917 bits per heavy atom. The van der Waals surface area contributed by atoms with Crippen LogP contribution >= 0.6 is 21.6 Å². The van der Waals surface area contributed by atoms with Crippen LogP contribution in [0.2, 0.25) is 0 Å². The summed E-state index contributed by atoms with van der Waals surface area (Å²) in [6, 6.07) is 12.8. The molecule has 36 heavy (non-hydrogen) atoms. The van der Waals surface area contributed by atoms with Crippen LogP contribution in [0.5, 0.6) is 11.5 Å². The van der Waals surface area contributed by atoms with Crippen LogP contribution in [0.4, 0.5) is 0 Å². The lowest BCUT2D eigenvalue weighted by Gasteiger charge is -2.08. The van der Waals surface area contributed by atoms with E-state index in [0.29, 0.717) is 37.9 Å². The van der Waals surface area contributed by atoms with Crippen LogP contribution in [0, 0.1) is 0 Å². The van der Waals surface area contributed by atoms with Gasteiger partial charge in [0.05, 0.1) is 37.6 Å². The van der Waals surface area contributed by atoms with E-state index >= 15 is 0 Å². The first-order chi connectivity index (χ1) is 17.6. The Bertz CT molecular complexity index is 801. The van der Waals surface area contributed by atoms with Crippen molar-refractivity contribution in [3.63, 3.8) is 0 Å². The molecule has 0 aliphatic heterocycles. The zero-order valence-electron chi connectivity index (χ0n) is 20.3. The van der Waals surface area contributed by atoms with Crippen LogP contribution in [-0.2, 0) is 9.47 Å². The molecule has 0 bridgehead atoms. The summed E-state index contributed by atoms with van der Waals surface area (Å²) in [5, 5.41) is 17.7. The second kappa shape index (κ2) is 18.8. The van der Waals surface area contributed by atoms with E-state index in [4.69, 9.17) is 29.2 Å². The van der Waals surface area contributed by atoms with E-state index in [1.54, 1.807) is 45.9 Å². The fourth-order valence-electron chi connectivity index (χ4n) is 2.89. The molecule has 0 spiro atoms. The average Bonchev–Trinajstić information content (AvgIpc) is 2.88. The molecule has 0 unspecified atom stereocenters. The number of carboxylic acids is 2. The molecule has 0 fully saturated rings. The van der Waals surface area contributed by atoms with Gasteiger partial charge in [-0.15, -0.1) is 0 Å². The van der Waals surface area contributed by atoms with Crippen molar-refractivity contribution in [1.82, 2.24) is 0 Å². The van der Waals surface area contributed by atoms with Crippen molar-refractivity contribution in [3.05, 3.63) is 59.7 Å².